The maximum absolute atomic E-state index is 12.7. The van der Waals surface area contributed by atoms with Gasteiger partial charge < -0.3 is 13.9 Å². The van der Waals surface area contributed by atoms with Crippen LogP contribution in [0.5, 0.6) is 0 Å². The molecule has 7 heteroatoms. The molecule has 0 aromatic heterocycles. The van der Waals surface area contributed by atoms with Gasteiger partial charge in [-0.15, -0.1) is 0 Å². The van der Waals surface area contributed by atoms with E-state index in [1.165, 1.54) is 14.2 Å². The van der Waals surface area contributed by atoms with E-state index in [-0.39, 0.29) is 5.97 Å². The van der Waals surface area contributed by atoms with Crippen molar-refractivity contribution in [2.75, 3.05) is 25.7 Å². The summed E-state index contributed by atoms with van der Waals surface area (Å²) in [4.78, 5) is 27.0. The van der Waals surface area contributed by atoms with Crippen molar-refractivity contribution in [3.8, 4) is 0 Å². The minimum Gasteiger partial charge on any atom is -0.466 e. The van der Waals surface area contributed by atoms with Crippen molar-refractivity contribution in [3.63, 3.8) is 0 Å². The fourth-order valence-corrected chi connectivity index (χ4v) is 4.78. The molecule has 1 heterocycles. The summed E-state index contributed by atoms with van der Waals surface area (Å²) in [5.74, 6) is -0.389. The van der Waals surface area contributed by atoms with E-state index in [0.717, 1.165) is 16.9 Å². The molecule has 1 amide bonds. The van der Waals surface area contributed by atoms with Crippen molar-refractivity contribution in [1.82, 2.24) is 0 Å². The Kier molecular flexibility index (Phi) is 5.50. The van der Waals surface area contributed by atoms with Gasteiger partial charge in [0.15, 0.2) is 8.32 Å². The second-order valence-corrected chi connectivity index (χ2v) is 12.4. The van der Waals surface area contributed by atoms with Gasteiger partial charge in [-0.1, -0.05) is 30.4 Å². The van der Waals surface area contributed by atoms with Crippen molar-refractivity contribution in [1.29, 1.82) is 0 Å². The van der Waals surface area contributed by atoms with Gasteiger partial charge in [-0.05, 0) is 44.1 Å². The fourth-order valence-electron chi connectivity index (χ4n) is 4.06. The van der Waals surface area contributed by atoms with Crippen molar-refractivity contribution >= 4 is 26.1 Å². The van der Waals surface area contributed by atoms with Crippen LogP contribution in [0.15, 0.2) is 47.7 Å². The number of allylic oxidation sites excluding steroid dienone is 3. The summed E-state index contributed by atoms with van der Waals surface area (Å²) in [5, 5.41) is 0. The Morgan fingerprint density at radius 1 is 1.11 bits per heavy atom. The zero-order valence-electron chi connectivity index (χ0n) is 17.1. The van der Waals surface area contributed by atoms with Gasteiger partial charge >= 0.3 is 12.1 Å². The molecule has 0 N–H and O–H groups in total. The zero-order chi connectivity index (χ0) is 20.5. The summed E-state index contributed by atoms with van der Waals surface area (Å²) >= 11 is 0. The first-order chi connectivity index (χ1) is 13.3. The number of esters is 1. The van der Waals surface area contributed by atoms with Gasteiger partial charge in [-0.3, -0.25) is 0 Å². The Morgan fingerprint density at radius 3 is 2.46 bits per heavy atom. The van der Waals surface area contributed by atoms with Gasteiger partial charge in [0.1, 0.15) is 0 Å². The van der Waals surface area contributed by atoms with Crippen LogP contribution in [-0.2, 0) is 24.1 Å². The van der Waals surface area contributed by atoms with Gasteiger partial charge in [0.05, 0.1) is 30.9 Å². The Labute approximate surface area is 166 Å². The Balaban J connectivity index is 2.17. The van der Waals surface area contributed by atoms with Gasteiger partial charge in [0.25, 0.3) is 0 Å². The predicted octanol–water partition coefficient (Wildman–Crippen LogP) is 4.14. The highest BCUT2D eigenvalue weighted by atomic mass is 28.4. The van der Waals surface area contributed by atoms with Gasteiger partial charge in [0, 0.05) is 12.3 Å². The molecule has 1 atom stereocenters. The second-order valence-electron chi connectivity index (χ2n) is 7.87. The largest absolute Gasteiger partial charge is 0.466 e. The number of fused-ring (bicyclic) bond motifs is 3. The number of amides is 1. The minimum atomic E-state index is -1.74. The molecule has 28 heavy (non-hydrogen) atoms. The van der Waals surface area contributed by atoms with Crippen LogP contribution in [0.1, 0.15) is 18.4 Å². The topological polar surface area (TPSA) is 65.1 Å². The number of methoxy groups -OCH3 is 2. The summed E-state index contributed by atoms with van der Waals surface area (Å²) in [7, 11) is 0.998. The third kappa shape index (κ3) is 3.29. The standard InChI is InChI=1S/C21H27NO5Si/c1-25-19(23)16-10-8-12-18-21(16,13-14-27-28(3,4)5)15-9-6-7-11-17(15)22(18)20(24)26-2/h6-7,9-12H,8,13-14H2,1-5H3/t21-/m0/s1. The first kappa shape index (κ1) is 20.4. The summed E-state index contributed by atoms with van der Waals surface area (Å²) in [5.41, 5.74) is 2.11. The van der Waals surface area contributed by atoms with E-state index in [0.29, 0.717) is 25.0 Å². The van der Waals surface area contributed by atoms with E-state index in [1.54, 1.807) is 4.90 Å². The Hall–Kier alpha value is -2.38. The van der Waals surface area contributed by atoms with Gasteiger partial charge in [0.2, 0.25) is 0 Å². The number of para-hydroxylation sites is 1. The molecule has 0 saturated carbocycles. The second kappa shape index (κ2) is 7.56. The van der Waals surface area contributed by atoms with E-state index in [9.17, 15) is 9.59 Å². The predicted molar refractivity (Wildman–Crippen MR) is 110 cm³/mol. The van der Waals surface area contributed by atoms with Crippen molar-refractivity contribution in [2.45, 2.75) is 37.9 Å². The summed E-state index contributed by atoms with van der Waals surface area (Å²) in [6.07, 6.45) is 4.48. The maximum Gasteiger partial charge on any atom is 0.418 e. The van der Waals surface area contributed by atoms with E-state index < -0.39 is 19.8 Å². The van der Waals surface area contributed by atoms with E-state index in [4.69, 9.17) is 13.9 Å². The number of hydrogen-bond donors (Lipinski definition) is 0. The number of carbonyl (C=O) groups excluding carboxylic acids is 2. The number of carbonyl (C=O) groups is 2. The maximum atomic E-state index is 12.7. The van der Waals surface area contributed by atoms with Crippen LogP contribution in [0, 0.1) is 0 Å². The lowest BCUT2D eigenvalue weighted by atomic mass is 9.68. The zero-order valence-corrected chi connectivity index (χ0v) is 18.1. The SMILES string of the molecule is COC(=O)C1=CCC=C2N(C(=O)OC)c3ccccc3[C@@]12CCO[Si](C)(C)C. The molecular formula is C21H27NO5Si. The van der Waals surface area contributed by atoms with E-state index >= 15 is 0 Å². The molecule has 3 rings (SSSR count). The number of rotatable bonds is 5. The molecule has 1 aliphatic carbocycles. The van der Waals surface area contributed by atoms with Crippen LogP contribution < -0.4 is 4.90 Å². The molecule has 0 spiro atoms. The number of hydrogen-bond acceptors (Lipinski definition) is 5. The average molecular weight is 402 g/mol. The number of anilines is 1. The van der Waals surface area contributed by atoms with Crippen molar-refractivity contribution < 1.29 is 23.5 Å². The average Bonchev–Trinajstić information content (AvgIpc) is 2.96. The van der Waals surface area contributed by atoms with Crippen LogP contribution in [0.25, 0.3) is 0 Å². The molecule has 2 aliphatic rings. The molecule has 150 valence electrons. The molecule has 0 fully saturated rings. The third-order valence-electron chi connectivity index (χ3n) is 5.15. The van der Waals surface area contributed by atoms with E-state index in [2.05, 4.69) is 19.6 Å². The normalized spacial score (nSPS) is 20.7. The highest BCUT2D eigenvalue weighted by Crippen LogP contribution is 2.56. The van der Waals surface area contributed by atoms with Crippen LogP contribution in [0.2, 0.25) is 19.6 Å². The van der Waals surface area contributed by atoms with Gasteiger partial charge in [-0.25, -0.2) is 14.5 Å². The monoisotopic (exact) mass is 401 g/mol. The first-order valence-electron chi connectivity index (χ1n) is 9.37. The van der Waals surface area contributed by atoms with Crippen LogP contribution in [0.3, 0.4) is 0 Å². The molecule has 0 bridgehead atoms. The summed E-state index contributed by atoms with van der Waals surface area (Å²) in [6, 6.07) is 7.63. The fraction of sp³-hybridized carbons (Fsp3) is 0.429. The van der Waals surface area contributed by atoms with Crippen molar-refractivity contribution in [3.05, 3.63) is 53.3 Å². The molecule has 0 unspecified atom stereocenters. The Bertz CT molecular complexity index is 855. The lowest BCUT2D eigenvalue weighted by Gasteiger charge is -2.37. The van der Waals surface area contributed by atoms with Crippen molar-refractivity contribution in [2.24, 2.45) is 0 Å². The molecular weight excluding hydrogens is 374 g/mol. The van der Waals surface area contributed by atoms with Gasteiger partial charge in [-0.2, -0.15) is 0 Å². The van der Waals surface area contributed by atoms with Crippen LogP contribution in [0.4, 0.5) is 10.5 Å². The number of nitrogens with zero attached hydrogens (tertiary/aromatic N) is 1. The molecule has 0 saturated heterocycles. The molecule has 6 nitrogen and oxygen atoms in total. The van der Waals surface area contributed by atoms with Crippen LogP contribution in [-0.4, -0.2) is 41.2 Å². The quantitative estimate of drug-likeness (QED) is 0.548. The molecule has 1 aliphatic heterocycles. The highest BCUT2D eigenvalue weighted by molar-refractivity contribution is 6.69. The molecule has 0 radical (unpaired) electrons. The highest BCUT2D eigenvalue weighted by Gasteiger charge is 2.54. The lowest BCUT2D eigenvalue weighted by molar-refractivity contribution is -0.136. The first-order valence-corrected chi connectivity index (χ1v) is 12.8. The summed E-state index contributed by atoms with van der Waals surface area (Å²) < 4.78 is 16.3. The lowest BCUT2D eigenvalue weighted by Crippen LogP contribution is -2.41. The number of benzene rings is 1. The minimum absolute atomic E-state index is 0.389. The molecule has 1 aromatic carbocycles. The van der Waals surface area contributed by atoms with Crippen LogP contribution >= 0.6 is 0 Å². The summed E-state index contributed by atoms with van der Waals surface area (Å²) in [6.45, 7) is 6.86. The Morgan fingerprint density at radius 2 is 1.82 bits per heavy atom. The third-order valence-corrected chi connectivity index (χ3v) is 6.22. The number of ether oxygens (including phenoxy) is 2. The van der Waals surface area contributed by atoms with E-state index in [1.807, 2.05) is 36.4 Å². The molecule has 1 aromatic rings. The smallest absolute Gasteiger partial charge is 0.418 e.